The Kier molecular flexibility index (Phi) is 6.89. The summed E-state index contributed by atoms with van der Waals surface area (Å²) < 4.78 is 5.30. The van der Waals surface area contributed by atoms with E-state index in [-0.39, 0.29) is 12.1 Å². The molecule has 0 saturated carbocycles. The highest BCUT2D eigenvalue weighted by Crippen LogP contribution is 2.24. The number of methoxy groups -OCH3 is 1. The fourth-order valence-electron chi connectivity index (χ4n) is 3.40. The predicted molar refractivity (Wildman–Crippen MR) is 130 cm³/mol. The monoisotopic (exact) mass is 452 g/mol. The molecule has 0 aliphatic heterocycles. The Morgan fingerprint density at radius 3 is 2.62 bits per heavy atom. The number of aromatic nitrogens is 5. The molecule has 2 aromatic heterocycles. The summed E-state index contributed by atoms with van der Waals surface area (Å²) in [5.41, 5.74) is 2.57. The number of nitrogens with one attached hydrogen (secondary N) is 1. The van der Waals surface area contributed by atoms with Crippen LogP contribution in [0.5, 0.6) is 6.01 Å². The van der Waals surface area contributed by atoms with Gasteiger partial charge in [-0.1, -0.05) is 42.5 Å². The highest BCUT2D eigenvalue weighted by atomic mass is 16.5. The van der Waals surface area contributed by atoms with Gasteiger partial charge in [-0.15, -0.1) is 0 Å². The zero-order valence-electron chi connectivity index (χ0n) is 19.2. The van der Waals surface area contributed by atoms with Crippen LogP contribution < -0.4 is 15.0 Å². The van der Waals surface area contributed by atoms with Crippen molar-refractivity contribution in [3.8, 4) is 23.5 Å². The smallest absolute Gasteiger partial charge is 0.321 e. The van der Waals surface area contributed by atoms with Crippen LogP contribution in [0.15, 0.2) is 66.9 Å². The first-order valence-corrected chi connectivity index (χ1v) is 10.7. The molecule has 2 aromatic carbocycles. The van der Waals surface area contributed by atoms with E-state index in [9.17, 15) is 0 Å². The van der Waals surface area contributed by atoms with E-state index in [2.05, 4.69) is 36.3 Å². The minimum Gasteiger partial charge on any atom is -0.467 e. The van der Waals surface area contributed by atoms with Gasteiger partial charge in [-0.25, -0.2) is 4.98 Å². The molecule has 4 rings (SSSR count). The van der Waals surface area contributed by atoms with Crippen LogP contribution in [0, 0.1) is 11.3 Å². The topological polar surface area (TPSA) is 113 Å². The fraction of sp³-hybridized carbons (Fsp3) is 0.200. The number of nitriles is 1. The van der Waals surface area contributed by atoms with Gasteiger partial charge in [-0.2, -0.15) is 25.2 Å². The van der Waals surface area contributed by atoms with Crippen LogP contribution >= 0.6 is 0 Å². The van der Waals surface area contributed by atoms with Crippen molar-refractivity contribution in [2.24, 2.45) is 0 Å². The maximum atomic E-state index is 9.11. The molecule has 0 fully saturated rings. The van der Waals surface area contributed by atoms with Gasteiger partial charge in [0.2, 0.25) is 11.9 Å². The zero-order chi connectivity index (χ0) is 23.9. The van der Waals surface area contributed by atoms with E-state index in [1.54, 1.807) is 23.2 Å². The predicted octanol–water partition coefficient (Wildman–Crippen LogP) is 4.02. The quantitative estimate of drug-likeness (QED) is 0.423. The van der Waals surface area contributed by atoms with Gasteiger partial charge in [0.25, 0.3) is 0 Å². The molecule has 0 aliphatic rings. The van der Waals surface area contributed by atoms with Crippen molar-refractivity contribution in [2.75, 3.05) is 24.4 Å². The summed E-state index contributed by atoms with van der Waals surface area (Å²) in [4.78, 5) is 24.1. The second-order valence-electron chi connectivity index (χ2n) is 7.67. The van der Waals surface area contributed by atoms with Crippen LogP contribution in [-0.4, -0.2) is 45.1 Å². The van der Waals surface area contributed by atoms with E-state index < -0.39 is 0 Å². The maximum absolute atomic E-state index is 9.11. The zero-order valence-corrected chi connectivity index (χ0v) is 19.2. The first-order chi connectivity index (χ1) is 16.6. The number of anilines is 3. The second kappa shape index (κ2) is 10.4. The first kappa shape index (κ1) is 22.6. The molecule has 0 unspecified atom stereocenters. The molecule has 0 bridgehead atoms. The van der Waals surface area contributed by atoms with E-state index in [4.69, 9.17) is 10.00 Å². The van der Waals surface area contributed by atoms with Crippen LogP contribution in [0.25, 0.3) is 11.4 Å². The largest absolute Gasteiger partial charge is 0.467 e. The molecule has 1 atom stereocenters. The van der Waals surface area contributed by atoms with E-state index in [0.717, 1.165) is 17.5 Å². The molecular weight excluding hydrogens is 428 g/mol. The Morgan fingerprint density at radius 1 is 1.03 bits per heavy atom. The van der Waals surface area contributed by atoms with Crippen molar-refractivity contribution in [2.45, 2.75) is 19.4 Å². The Hall–Kier alpha value is -4.58. The van der Waals surface area contributed by atoms with E-state index in [0.29, 0.717) is 29.1 Å². The Morgan fingerprint density at radius 2 is 1.85 bits per heavy atom. The lowest BCUT2D eigenvalue weighted by molar-refractivity contribution is 0.379. The number of nitrogens with zero attached hydrogens (tertiary/aromatic N) is 7. The number of ether oxygens (including phenoxy) is 1. The lowest BCUT2D eigenvalue weighted by atomic mass is 10.0. The van der Waals surface area contributed by atoms with Crippen molar-refractivity contribution >= 4 is 17.7 Å². The van der Waals surface area contributed by atoms with Crippen molar-refractivity contribution in [1.82, 2.24) is 24.9 Å². The van der Waals surface area contributed by atoms with Gasteiger partial charge in [0, 0.05) is 24.8 Å². The Labute approximate surface area is 198 Å². The maximum Gasteiger partial charge on any atom is 0.321 e. The van der Waals surface area contributed by atoms with E-state index in [1.807, 2.05) is 62.5 Å². The van der Waals surface area contributed by atoms with Crippen LogP contribution in [0.1, 0.15) is 18.1 Å². The van der Waals surface area contributed by atoms with Gasteiger partial charge in [0.15, 0.2) is 5.82 Å². The normalized spacial score (nSPS) is 11.4. The summed E-state index contributed by atoms with van der Waals surface area (Å²) in [6.45, 7) is 2.04. The molecule has 9 heteroatoms. The van der Waals surface area contributed by atoms with Gasteiger partial charge in [0.05, 0.1) is 18.7 Å². The third-order valence-corrected chi connectivity index (χ3v) is 5.08. The molecule has 0 amide bonds. The summed E-state index contributed by atoms with van der Waals surface area (Å²) in [7, 11) is 3.35. The van der Waals surface area contributed by atoms with Crippen LogP contribution in [0.3, 0.4) is 0 Å². The number of hydrogen-bond acceptors (Lipinski definition) is 9. The number of rotatable bonds is 8. The van der Waals surface area contributed by atoms with Crippen LogP contribution in [-0.2, 0) is 6.42 Å². The lowest BCUT2D eigenvalue weighted by Crippen LogP contribution is -2.21. The first-order valence-electron chi connectivity index (χ1n) is 10.7. The van der Waals surface area contributed by atoms with Crippen molar-refractivity contribution in [3.05, 3.63) is 78.0 Å². The van der Waals surface area contributed by atoms with Gasteiger partial charge >= 0.3 is 6.01 Å². The average molecular weight is 453 g/mol. The molecule has 9 nitrogen and oxygen atoms in total. The number of benzene rings is 2. The van der Waals surface area contributed by atoms with Crippen molar-refractivity contribution in [3.63, 3.8) is 0 Å². The van der Waals surface area contributed by atoms with Gasteiger partial charge < -0.3 is 10.1 Å². The average Bonchev–Trinajstić information content (AvgIpc) is 2.88. The molecule has 0 aliphatic carbocycles. The van der Waals surface area contributed by atoms with E-state index >= 15 is 0 Å². The Balaban J connectivity index is 1.53. The molecule has 1 N–H and O–H groups in total. The Bertz CT molecular complexity index is 1310. The highest BCUT2D eigenvalue weighted by molar-refractivity contribution is 5.59. The molecule has 34 heavy (non-hydrogen) atoms. The second-order valence-corrected chi connectivity index (χ2v) is 7.67. The minimum absolute atomic E-state index is 0.0523. The molecule has 0 radical (unpaired) electrons. The fourth-order valence-corrected chi connectivity index (χ4v) is 3.40. The summed E-state index contributed by atoms with van der Waals surface area (Å²) in [5.74, 6) is 2.01. The molecule has 170 valence electrons. The van der Waals surface area contributed by atoms with Crippen LogP contribution in [0.4, 0.5) is 17.7 Å². The van der Waals surface area contributed by atoms with Gasteiger partial charge in [-0.05, 0) is 37.1 Å². The van der Waals surface area contributed by atoms with Crippen LogP contribution in [0.2, 0.25) is 0 Å². The summed E-state index contributed by atoms with van der Waals surface area (Å²) in [5, 5.41) is 12.4. The number of hydrogen-bond donors (Lipinski definition) is 1. The van der Waals surface area contributed by atoms with E-state index in [1.165, 1.54) is 7.11 Å². The lowest BCUT2D eigenvalue weighted by Gasteiger charge is -2.19. The standard InChI is InChI=1S/C25H24N8O/c1-17(14-18-8-7-9-19(15-18)16-26)28-23-27-13-12-21(29-23)33(2)24-30-22(31-25(32-24)34-3)20-10-5-4-6-11-20/h4-13,15,17H,14H2,1-3H3,(H,27,28,29)/t17-/m0/s1. The van der Waals surface area contributed by atoms with Gasteiger partial charge in [0.1, 0.15) is 5.82 Å². The minimum atomic E-state index is 0.0523. The molecule has 4 aromatic rings. The molecule has 0 spiro atoms. The summed E-state index contributed by atoms with van der Waals surface area (Å²) in [6, 6.07) is 21.4. The highest BCUT2D eigenvalue weighted by Gasteiger charge is 2.16. The third-order valence-electron chi connectivity index (χ3n) is 5.08. The van der Waals surface area contributed by atoms with Gasteiger partial charge in [-0.3, -0.25) is 4.90 Å². The molecular formula is C25H24N8O. The van der Waals surface area contributed by atoms with Crippen molar-refractivity contribution < 1.29 is 4.74 Å². The third kappa shape index (κ3) is 5.42. The molecule has 2 heterocycles. The molecule has 0 saturated heterocycles. The van der Waals surface area contributed by atoms with Crippen molar-refractivity contribution in [1.29, 1.82) is 5.26 Å². The SMILES string of the molecule is COc1nc(-c2ccccc2)nc(N(C)c2ccnc(N[C@@H](C)Cc3cccc(C#N)c3)n2)n1. The summed E-state index contributed by atoms with van der Waals surface area (Å²) >= 11 is 0. The summed E-state index contributed by atoms with van der Waals surface area (Å²) in [6.07, 6.45) is 2.41.